The fourth-order valence-electron chi connectivity index (χ4n) is 4.66. The first-order valence-corrected chi connectivity index (χ1v) is 18.9. The van der Waals surface area contributed by atoms with Gasteiger partial charge in [-0.1, -0.05) is 39.0 Å². The van der Waals surface area contributed by atoms with Crippen LogP contribution in [0.1, 0.15) is 0 Å². The Labute approximate surface area is 343 Å². The SMILES string of the molecule is C=CCNCCOCC(COCCNC(=O)C=C)(COCCNC(=O)C=C)COCC(COCCNC(=O)C=C)(COCCNC(=O)C=C)COCCNC(=O)C=C. The highest BCUT2D eigenvalue weighted by molar-refractivity contribution is 5.88. The molecule has 0 aliphatic carbocycles. The van der Waals surface area contributed by atoms with Crippen LogP contribution in [0.15, 0.2) is 75.9 Å². The fourth-order valence-corrected chi connectivity index (χ4v) is 4.66. The summed E-state index contributed by atoms with van der Waals surface area (Å²) < 4.78 is 42.8. The van der Waals surface area contributed by atoms with Gasteiger partial charge >= 0.3 is 0 Å². The maximum atomic E-state index is 11.7. The van der Waals surface area contributed by atoms with E-state index in [0.29, 0.717) is 19.7 Å². The van der Waals surface area contributed by atoms with E-state index in [9.17, 15) is 24.0 Å². The lowest BCUT2D eigenvalue weighted by Gasteiger charge is -2.37. The van der Waals surface area contributed by atoms with E-state index in [2.05, 4.69) is 71.4 Å². The van der Waals surface area contributed by atoms with Crippen LogP contribution < -0.4 is 31.9 Å². The van der Waals surface area contributed by atoms with Crippen LogP contribution >= 0.6 is 0 Å². The smallest absolute Gasteiger partial charge is 0.243 e. The first-order chi connectivity index (χ1) is 28.0. The molecule has 0 unspecified atom stereocenters. The molecular formula is C40H66N6O12. The molecule has 0 rings (SSSR count). The zero-order valence-corrected chi connectivity index (χ0v) is 34.0. The Balaban J connectivity index is 6.37. The van der Waals surface area contributed by atoms with Crippen LogP contribution in [0.5, 0.6) is 0 Å². The van der Waals surface area contributed by atoms with Crippen molar-refractivity contribution in [1.82, 2.24) is 31.9 Å². The first-order valence-electron chi connectivity index (χ1n) is 18.9. The zero-order valence-electron chi connectivity index (χ0n) is 34.0. The molecule has 5 amide bonds. The van der Waals surface area contributed by atoms with Gasteiger partial charge in [0.2, 0.25) is 29.5 Å². The van der Waals surface area contributed by atoms with Crippen molar-refractivity contribution < 1.29 is 57.1 Å². The number of hydrogen-bond acceptors (Lipinski definition) is 13. The third-order valence-corrected chi connectivity index (χ3v) is 7.63. The van der Waals surface area contributed by atoms with Crippen molar-refractivity contribution in [3.05, 3.63) is 75.9 Å². The highest BCUT2D eigenvalue weighted by Gasteiger charge is 2.37. The third-order valence-electron chi connectivity index (χ3n) is 7.63. The average molecular weight is 823 g/mol. The highest BCUT2D eigenvalue weighted by Crippen LogP contribution is 2.25. The van der Waals surface area contributed by atoms with Crippen molar-refractivity contribution in [1.29, 1.82) is 0 Å². The van der Waals surface area contributed by atoms with Crippen molar-refractivity contribution in [3.63, 3.8) is 0 Å². The van der Waals surface area contributed by atoms with E-state index < -0.39 is 10.8 Å². The fraction of sp³-hybridized carbons (Fsp3) is 0.575. The first kappa shape index (κ1) is 53.5. The van der Waals surface area contributed by atoms with Gasteiger partial charge in [0.15, 0.2) is 0 Å². The second-order valence-electron chi connectivity index (χ2n) is 12.8. The molecule has 0 fully saturated rings. The summed E-state index contributed by atoms with van der Waals surface area (Å²) in [7, 11) is 0. The van der Waals surface area contributed by atoms with Gasteiger partial charge in [0.1, 0.15) is 0 Å². The van der Waals surface area contributed by atoms with E-state index in [4.69, 9.17) is 33.2 Å². The summed E-state index contributed by atoms with van der Waals surface area (Å²) in [5.74, 6) is -1.72. The molecule has 0 heterocycles. The summed E-state index contributed by atoms with van der Waals surface area (Å²) in [6, 6.07) is 0. The number of carbonyl (C=O) groups is 5. The quantitative estimate of drug-likeness (QED) is 0.0257. The van der Waals surface area contributed by atoms with Crippen LogP contribution in [0, 0.1) is 10.8 Å². The van der Waals surface area contributed by atoms with E-state index >= 15 is 0 Å². The largest absolute Gasteiger partial charge is 0.380 e. The molecule has 0 saturated heterocycles. The minimum Gasteiger partial charge on any atom is -0.380 e. The molecule has 0 bridgehead atoms. The summed E-state index contributed by atoms with van der Waals surface area (Å²) in [5, 5.41) is 16.5. The standard InChI is InChI=1S/C40H66N6O12/c1-7-13-41-14-20-52-26-39(27-53-21-15-42-34(47)8-2,28-54-22-16-43-35(48)9-3)32-58-33-40(29-55-23-17-44-36(49)10-4,30-56-24-18-45-37(50)11-5)31-57-25-19-46-38(51)12-6/h7-12,41H,1-6,13-33H2,(H,42,47)(H,43,48)(H,44,49)(H,45,50)(H,46,51). The molecule has 0 aliphatic heterocycles. The van der Waals surface area contributed by atoms with Crippen LogP contribution in [0.3, 0.4) is 0 Å². The molecule has 328 valence electrons. The second kappa shape index (κ2) is 35.6. The van der Waals surface area contributed by atoms with E-state index in [1.54, 1.807) is 6.08 Å². The number of ether oxygens (including phenoxy) is 7. The lowest BCUT2D eigenvalue weighted by Crippen LogP contribution is -2.47. The normalized spacial score (nSPS) is 11.1. The molecule has 18 heteroatoms. The van der Waals surface area contributed by atoms with Gasteiger partial charge in [-0.05, 0) is 30.4 Å². The molecule has 0 saturated carbocycles. The third kappa shape index (κ3) is 28.8. The van der Waals surface area contributed by atoms with Gasteiger partial charge in [0.25, 0.3) is 0 Å². The Morgan fingerprint density at radius 3 is 0.810 bits per heavy atom. The highest BCUT2D eigenvalue weighted by atomic mass is 16.5. The summed E-state index contributed by atoms with van der Waals surface area (Å²) in [5.41, 5.74) is -1.84. The summed E-state index contributed by atoms with van der Waals surface area (Å²) in [6.45, 7) is 25.0. The summed E-state index contributed by atoms with van der Waals surface area (Å²) in [4.78, 5) is 58.5. The Hall–Kier alpha value is -4.53. The van der Waals surface area contributed by atoms with Gasteiger partial charge in [-0.25, -0.2) is 0 Å². The van der Waals surface area contributed by atoms with Crippen molar-refractivity contribution >= 4 is 29.5 Å². The zero-order chi connectivity index (χ0) is 43.2. The molecule has 0 radical (unpaired) electrons. The Morgan fingerprint density at radius 2 is 0.586 bits per heavy atom. The van der Waals surface area contributed by atoms with E-state index in [1.807, 2.05) is 0 Å². The van der Waals surface area contributed by atoms with Gasteiger partial charge in [-0.3, -0.25) is 24.0 Å². The Morgan fingerprint density at radius 1 is 0.362 bits per heavy atom. The maximum absolute atomic E-state index is 11.7. The van der Waals surface area contributed by atoms with Crippen molar-refractivity contribution in [2.75, 3.05) is 138 Å². The minimum absolute atomic E-state index is 0.0253. The maximum Gasteiger partial charge on any atom is 0.243 e. The molecule has 58 heavy (non-hydrogen) atoms. The van der Waals surface area contributed by atoms with Crippen LogP contribution in [-0.4, -0.2) is 168 Å². The molecule has 0 spiro atoms. The lowest BCUT2D eigenvalue weighted by atomic mass is 9.90. The van der Waals surface area contributed by atoms with Gasteiger partial charge in [0, 0.05) is 45.8 Å². The van der Waals surface area contributed by atoms with Crippen molar-refractivity contribution in [2.24, 2.45) is 10.8 Å². The van der Waals surface area contributed by atoms with Crippen LogP contribution in [0.25, 0.3) is 0 Å². The predicted molar refractivity (Wildman–Crippen MR) is 220 cm³/mol. The van der Waals surface area contributed by atoms with E-state index in [1.165, 1.54) is 12.2 Å². The topological polar surface area (TPSA) is 222 Å². The predicted octanol–water partition coefficient (Wildman–Crippen LogP) is -0.638. The van der Waals surface area contributed by atoms with Gasteiger partial charge in [-0.15, -0.1) is 6.58 Å². The number of carbonyl (C=O) groups excluding carboxylic acids is 5. The van der Waals surface area contributed by atoms with Crippen molar-refractivity contribution in [3.8, 4) is 0 Å². The Kier molecular flexibility index (Phi) is 32.8. The Bertz CT molecular complexity index is 1160. The van der Waals surface area contributed by atoms with Crippen LogP contribution in [-0.2, 0) is 57.1 Å². The van der Waals surface area contributed by atoms with E-state index in [-0.39, 0.29) is 148 Å². The van der Waals surface area contributed by atoms with Gasteiger partial charge in [-0.2, -0.15) is 0 Å². The number of amides is 5. The monoisotopic (exact) mass is 822 g/mol. The summed E-state index contributed by atoms with van der Waals surface area (Å²) in [6.07, 6.45) is 7.55. The minimum atomic E-state index is -0.944. The number of nitrogens with one attached hydrogen (secondary N) is 6. The molecular weight excluding hydrogens is 756 g/mol. The summed E-state index contributed by atoms with van der Waals surface area (Å²) >= 11 is 0. The molecule has 0 atom stereocenters. The molecule has 0 aliphatic rings. The van der Waals surface area contributed by atoms with Crippen molar-refractivity contribution in [2.45, 2.75) is 0 Å². The van der Waals surface area contributed by atoms with E-state index in [0.717, 1.165) is 18.2 Å². The average Bonchev–Trinajstić information content (AvgIpc) is 3.23. The van der Waals surface area contributed by atoms with Crippen LogP contribution in [0.2, 0.25) is 0 Å². The molecule has 0 aromatic heterocycles. The molecule has 6 N–H and O–H groups in total. The lowest BCUT2D eigenvalue weighted by molar-refractivity contribution is -0.142. The molecule has 18 nitrogen and oxygen atoms in total. The second-order valence-corrected chi connectivity index (χ2v) is 12.8. The molecule has 0 aromatic carbocycles. The molecule has 0 aromatic rings. The van der Waals surface area contributed by atoms with Crippen LogP contribution in [0.4, 0.5) is 0 Å². The number of rotatable bonds is 41. The number of hydrogen-bond donors (Lipinski definition) is 6. The van der Waals surface area contributed by atoms with Gasteiger partial charge < -0.3 is 65.1 Å². The van der Waals surface area contributed by atoms with Gasteiger partial charge in [0.05, 0.1) is 103 Å².